The molecule has 0 bridgehead atoms. The number of alkyl halides is 19. The predicted molar refractivity (Wildman–Crippen MR) is 66.3 cm³/mol. The third-order valence-electron chi connectivity index (χ3n) is 3.80. The molecule has 0 aromatic rings. The Morgan fingerprint density at radius 1 is 0.486 bits per heavy atom. The van der Waals surface area contributed by atoms with Crippen LogP contribution in [0.25, 0.3) is 0 Å². The number of hydrogen-bond acceptors (Lipinski definition) is 2. The van der Waals surface area contributed by atoms with E-state index >= 15 is 0 Å². The maximum absolute atomic E-state index is 13.4. The lowest BCUT2D eigenvalue weighted by atomic mass is 9.87. The Balaban J connectivity index is 6.85. The highest BCUT2D eigenvalue weighted by Crippen LogP contribution is 2.65. The highest BCUT2D eigenvalue weighted by atomic mass is 19.4. The van der Waals surface area contributed by atoms with Crippen molar-refractivity contribution in [3.8, 4) is 0 Å². The standard InChI is InChI=1S/C12H4F19NO3/c13-4(14,3(35)32-1-2(33)34)5(15,16)6(17,18)7(19,20)8(21,22)9(23,24)10(25,26)11(27,28)12(29,30)31/h1H2,(H,32,35)(H,33,34). The van der Waals surface area contributed by atoms with Gasteiger partial charge in [0.15, 0.2) is 0 Å². The van der Waals surface area contributed by atoms with Crippen LogP contribution in [0.4, 0.5) is 83.4 Å². The second kappa shape index (κ2) is 8.34. The maximum Gasteiger partial charge on any atom is 0.460 e. The van der Waals surface area contributed by atoms with Crippen molar-refractivity contribution in [3.05, 3.63) is 0 Å². The number of carbonyl (C=O) groups is 2. The summed E-state index contributed by atoms with van der Waals surface area (Å²) in [6.07, 6.45) is -7.98. The fourth-order valence-corrected chi connectivity index (χ4v) is 1.77. The van der Waals surface area contributed by atoms with E-state index in [0.717, 1.165) is 0 Å². The topological polar surface area (TPSA) is 66.4 Å². The quantitative estimate of drug-likeness (QED) is 0.370. The maximum atomic E-state index is 13.4. The minimum Gasteiger partial charge on any atom is -0.480 e. The molecule has 0 spiro atoms. The van der Waals surface area contributed by atoms with Gasteiger partial charge in [-0.15, -0.1) is 0 Å². The van der Waals surface area contributed by atoms with E-state index in [-0.39, 0.29) is 5.32 Å². The summed E-state index contributed by atoms with van der Waals surface area (Å²) < 4.78 is 247. The number of carbonyl (C=O) groups excluding carboxylic acids is 1. The van der Waals surface area contributed by atoms with Gasteiger partial charge in [0.1, 0.15) is 6.54 Å². The molecule has 0 unspecified atom stereocenters. The van der Waals surface area contributed by atoms with Crippen LogP contribution >= 0.6 is 0 Å². The molecule has 0 aromatic heterocycles. The van der Waals surface area contributed by atoms with Crippen LogP contribution in [-0.4, -0.2) is 77.1 Å². The van der Waals surface area contributed by atoms with Gasteiger partial charge in [-0.25, -0.2) is 0 Å². The Hall–Kier alpha value is -2.39. The van der Waals surface area contributed by atoms with Crippen LogP contribution in [0.15, 0.2) is 0 Å². The fourth-order valence-electron chi connectivity index (χ4n) is 1.77. The summed E-state index contributed by atoms with van der Waals surface area (Å²) in [7, 11) is 0. The molecule has 208 valence electrons. The molecule has 0 fully saturated rings. The number of aliphatic carboxylic acids is 1. The number of rotatable bonds is 10. The average molecular weight is 571 g/mol. The van der Waals surface area contributed by atoms with Crippen molar-refractivity contribution in [2.24, 2.45) is 0 Å². The van der Waals surface area contributed by atoms with E-state index < -0.39 is 72.0 Å². The lowest BCUT2D eigenvalue weighted by Crippen LogP contribution is -2.76. The predicted octanol–water partition coefficient (Wildman–Crippen LogP) is 4.83. The smallest absolute Gasteiger partial charge is 0.460 e. The number of carboxylic acid groups (broad SMARTS) is 1. The number of nitrogens with one attached hydrogen (secondary N) is 1. The summed E-state index contributed by atoms with van der Waals surface area (Å²) >= 11 is 0. The van der Waals surface area contributed by atoms with Crippen LogP contribution in [0.5, 0.6) is 0 Å². The van der Waals surface area contributed by atoms with Gasteiger partial charge in [0, 0.05) is 0 Å². The van der Waals surface area contributed by atoms with Crippen LogP contribution in [0.2, 0.25) is 0 Å². The van der Waals surface area contributed by atoms with Crippen LogP contribution in [0.3, 0.4) is 0 Å². The van der Waals surface area contributed by atoms with Gasteiger partial charge in [0.2, 0.25) is 0 Å². The zero-order chi connectivity index (χ0) is 29.1. The number of amides is 1. The van der Waals surface area contributed by atoms with Gasteiger partial charge >= 0.3 is 59.5 Å². The van der Waals surface area contributed by atoms with Gasteiger partial charge in [0.05, 0.1) is 0 Å². The summed E-state index contributed by atoms with van der Waals surface area (Å²) in [6, 6.07) is 0. The van der Waals surface area contributed by atoms with Crippen LogP contribution in [0.1, 0.15) is 0 Å². The van der Waals surface area contributed by atoms with Crippen molar-refractivity contribution in [3.63, 3.8) is 0 Å². The molecule has 0 heterocycles. The largest absolute Gasteiger partial charge is 0.480 e. The second-order valence-corrected chi connectivity index (χ2v) is 6.17. The highest BCUT2D eigenvalue weighted by Gasteiger charge is 2.97. The molecule has 0 radical (unpaired) electrons. The Kier molecular flexibility index (Phi) is 7.77. The SMILES string of the molecule is O=C(O)CNC(=O)C(F)(F)C(F)(F)C(F)(F)C(F)(F)C(F)(F)C(F)(F)C(F)(F)C(F)(F)C(F)(F)F. The van der Waals surface area contributed by atoms with E-state index in [1.807, 2.05) is 0 Å². The van der Waals surface area contributed by atoms with Crippen molar-refractivity contribution in [2.75, 3.05) is 6.54 Å². The number of carboxylic acids is 1. The molecule has 35 heavy (non-hydrogen) atoms. The minimum absolute atomic E-state index is 0.155. The molecule has 0 saturated carbocycles. The summed E-state index contributed by atoms with van der Waals surface area (Å²) in [5.74, 6) is -75.4. The molecule has 0 atom stereocenters. The molecular weight excluding hydrogens is 567 g/mol. The van der Waals surface area contributed by atoms with E-state index in [1.165, 1.54) is 0 Å². The molecule has 0 aliphatic rings. The molecular formula is C12H4F19NO3. The van der Waals surface area contributed by atoms with E-state index in [1.54, 1.807) is 0 Å². The van der Waals surface area contributed by atoms with Crippen molar-refractivity contribution in [1.82, 2.24) is 5.32 Å². The van der Waals surface area contributed by atoms with Crippen LogP contribution in [0, 0.1) is 0 Å². The van der Waals surface area contributed by atoms with Crippen LogP contribution < -0.4 is 5.32 Å². The minimum atomic E-state index is -9.10. The lowest BCUT2D eigenvalue weighted by molar-refractivity contribution is -0.467. The summed E-state index contributed by atoms with van der Waals surface area (Å²) in [5.41, 5.74) is 0. The average Bonchev–Trinajstić information content (AvgIpc) is 2.63. The normalized spacial score (nSPS) is 15.7. The molecule has 0 aliphatic carbocycles. The molecule has 0 saturated heterocycles. The Labute approximate surface area is 177 Å². The van der Waals surface area contributed by atoms with Gasteiger partial charge in [-0.3, -0.25) is 9.59 Å². The Morgan fingerprint density at radius 2 is 0.743 bits per heavy atom. The molecule has 0 aliphatic heterocycles. The van der Waals surface area contributed by atoms with Crippen LogP contribution in [-0.2, 0) is 9.59 Å². The first kappa shape index (κ1) is 32.6. The molecule has 2 N–H and O–H groups in total. The summed E-state index contributed by atoms with van der Waals surface area (Å²) in [6.45, 7) is -2.17. The Morgan fingerprint density at radius 3 is 1.00 bits per heavy atom. The Bertz CT molecular complexity index is 829. The first-order valence-corrected chi connectivity index (χ1v) is 7.43. The van der Waals surface area contributed by atoms with Gasteiger partial charge in [-0.05, 0) is 0 Å². The van der Waals surface area contributed by atoms with Crippen molar-refractivity contribution in [1.29, 1.82) is 0 Å². The molecule has 4 nitrogen and oxygen atoms in total. The first-order chi connectivity index (χ1) is 14.8. The van der Waals surface area contributed by atoms with E-state index in [4.69, 9.17) is 5.11 Å². The number of halogens is 19. The summed E-state index contributed by atoms with van der Waals surface area (Å²) in [5, 5.41) is 8.16. The molecule has 1 amide bonds. The first-order valence-electron chi connectivity index (χ1n) is 7.43. The van der Waals surface area contributed by atoms with Gasteiger partial charge in [-0.1, -0.05) is 0 Å². The fraction of sp³-hybridized carbons (Fsp3) is 0.833. The molecule has 0 aromatic carbocycles. The van der Waals surface area contributed by atoms with Crippen molar-refractivity contribution in [2.45, 2.75) is 53.6 Å². The summed E-state index contributed by atoms with van der Waals surface area (Å²) in [4.78, 5) is 20.8. The van der Waals surface area contributed by atoms with Gasteiger partial charge in [0.25, 0.3) is 5.91 Å². The molecule has 23 heteroatoms. The zero-order valence-electron chi connectivity index (χ0n) is 15.2. The van der Waals surface area contributed by atoms with E-state index in [9.17, 15) is 93.0 Å². The van der Waals surface area contributed by atoms with Gasteiger partial charge < -0.3 is 10.4 Å². The van der Waals surface area contributed by atoms with E-state index in [2.05, 4.69) is 0 Å². The second-order valence-electron chi connectivity index (χ2n) is 6.17. The zero-order valence-corrected chi connectivity index (χ0v) is 15.2. The van der Waals surface area contributed by atoms with E-state index in [0.29, 0.717) is 0 Å². The molecule has 0 rings (SSSR count). The monoisotopic (exact) mass is 571 g/mol. The third-order valence-corrected chi connectivity index (χ3v) is 3.80. The van der Waals surface area contributed by atoms with Crippen molar-refractivity contribution < 1.29 is 98.1 Å². The third kappa shape index (κ3) is 4.27. The van der Waals surface area contributed by atoms with Gasteiger partial charge in [-0.2, -0.15) is 83.4 Å². The number of hydrogen-bond donors (Lipinski definition) is 2. The van der Waals surface area contributed by atoms with Crippen molar-refractivity contribution >= 4 is 11.9 Å². The highest BCUT2D eigenvalue weighted by molar-refractivity contribution is 5.87. The lowest BCUT2D eigenvalue weighted by Gasteiger charge is -2.43.